The maximum absolute atomic E-state index is 11.8. The molecular weight excluding hydrogens is 188 g/mol. The molecule has 1 aromatic carbocycles. The van der Waals surface area contributed by atoms with E-state index in [0.717, 1.165) is 22.2 Å². The van der Waals surface area contributed by atoms with Crippen LogP contribution in [0, 0.1) is 12.8 Å². The van der Waals surface area contributed by atoms with E-state index in [9.17, 15) is 4.79 Å². The Morgan fingerprint density at radius 3 is 2.80 bits per heavy atom. The van der Waals surface area contributed by atoms with Gasteiger partial charge in [-0.1, -0.05) is 13.8 Å². The maximum atomic E-state index is 11.8. The molecule has 15 heavy (non-hydrogen) atoms. The van der Waals surface area contributed by atoms with Gasteiger partial charge in [-0.2, -0.15) is 5.10 Å². The molecule has 0 fully saturated rings. The number of aryl methyl sites for hydroxylation is 1. The Morgan fingerprint density at radius 1 is 1.40 bits per heavy atom. The number of fused-ring (bicyclic) bond motifs is 1. The number of H-pyrrole nitrogens is 1. The second-order valence-electron chi connectivity index (χ2n) is 4.10. The predicted octanol–water partition coefficient (Wildman–Crippen LogP) is 2.71. The van der Waals surface area contributed by atoms with Crippen LogP contribution in [0.2, 0.25) is 0 Å². The van der Waals surface area contributed by atoms with Gasteiger partial charge in [0.1, 0.15) is 0 Å². The molecule has 0 atom stereocenters. The molecule has 3 nitrogen and oxygen atoms in total. The van der Waals surface area contributed by atoms with E-state index < -0.39 is 0 Å². The van der Waals surface area contributed by atoms with E-state index in [1.807, 2.05) is 39.0 Å². The first-order valence-corrected chi connectivity index (χ1v) is 5.08. The summed E-state index contributed by atoms with van der Waals surface area (Å²) in [4.78, 5) is 11.8. The fourth-order valence-electron chi connectivity index (χ4n) is 1.62. The van der Waals surface area contributed by atoms with E-state index in [1.165, 1.54) is 0 Å². The van der Waals surface area contributed by atoms with Crippen molar-refractivity contribution in [3.63, 3.8) is 0 Å². The van der Waals surface area contributed by atoms with Crippen molar-refractivity contribution in [3.8, 4) is 0 Å². The first-order valence-electron chi connectivity index (χ1n) is 5.08. The molecule has 78 valence electrons. The summed E-state index contributed by atoms with van der Waals surface area (Å²) in [6.45, 7) is 5.78. The van der Waals surface area contributed by atoms with Crippen LogP contribution in [-0.2, 0) is 0 Å². The van der Waals surface area contributed by atoms with Crippen LogP contribution in [0.5, 0.6) is 0 Å². The van der Waals surface area contributed by atoms with Crippen LogP contribution in [0.1, 0.15) is 29.9 Å². The van der Waals surface area contributed by atoms with Crippen molar-refractivity contribution in [3.05, 3.63) is 29.5 Å². The summed E-state index contributed by atoms with van der Waals surface area (Å²) >= 11 is 0. The summed E-state index contributed by atoms with van der Waals surface area (Å²) in [5.74, 6) is 0.215. The van der Waals surface area contributed by atoms with E-state index in [0.29, 0.717) is 0 Å². The number of hydrogen-bond acceptors (Lipinski definition) is 2. The Balaban J connectivity index is 2.55. The number of benzene rings is 1. The van der Waals surface area contributed by atoms with Crippen molar-refractivity contribution in [1.29, 1.82) is 0 Å². The lowest BCUT2D eigenvalue weighted by Crippen LogP contribution is -2.06. The van der Waals surface area contributed by atoms with Crippen molar-refractivity contribution in [1.82, 2.24) is 10.2 Å². The van der Waals surface area contributed by atoms with Gasteiger partial charge >= 0.3 is 0 Å². The summed E-state index contributed by atoms with van der Waals surface area (Å²) < 4.78 is 0. The van der Waals surface area contributed by atoms with E-state index in [-0.39, 0.29) is 11.7 Å². The van der Waals surface area contributed by atoms with Crippen molar-refractivity contribution in [2.45, 2.75) is 20.8 Å². The molecule has 0 unspecified atom stereocenters. The normalized spacial score (nSPS) is 11.2. The van der Waals surface area contributed by atoms with Crippen molar-refractivity contribution in [2.24, 2.45) is 5.92 Å². The van der Waals surface area contributed by atoms with Gasteiger partial charge in [0, 0.05) is 22.6 Å². The zero-order valence-corrected chi connectivity index (χ0v) is 9.16. The lowest BCUT2D eigenvalue weighted by molar-refractivity contribution is 0.0939. The SMILES string of the molecule is Cc1[nH]nc2ccc(C(=O)C(C)C)cc12. The Morgan fingerprint density at radius 2 is 2.13 bits per heavy atom. The van der Waals surface area contributed by atoms with E-state index >= 15 is 0 Å². The van der Waals surface area contributed by atoms with Gasteiger partial charge in [-0.05, 0) is 25.1 Å². The number of carbonyl (C=O) groups excluding carboxylic acids is 1. The van der Waals surface area contributed by atoms with Crippen molar-refractivity contribution < 1.29 is 4.79 Å². The number of aromatic amines is 1. The maximum Gasteiger partial charge on any atom is 0.165 e. The largest absolute Gasteiger partial charge is 0.294 e. The average Bonchev–Trinajstić information content (AvgIpc) is 2.59. The molecule has 3 heteroatoms. The molecule has 0 bridgehead atoms. The zero-order chi connectivity index (χ0) is 11.0. The quantitative estimate of drug-likeness (QED) is 0.761. The van der Waals surface area contributed by atoms with Crippen LogP contribution in [0.3, 0.4) is 0 Å². The lowest BCUT2D eigenvalue weighted by atomic mass is 9.99. The summed E-state index contributed by atoms with van der Waals surface area (Å²) in [7, 11) is 0. The second-order valence-corrected chi connectivity index (χ2v) is 4.10. The Labute approximate surface area is 88.5 Å². The number of hydrogen-bond donors (Lipinski definition) is 1. The highest BCUT2D eigenvalue weighted by Gasteiger charge is 2.11. The molecule has 0 radical (unpaired) electrons. The Hall–Kier alpha value is -1.64. The van der Waals surface area contributed by atoms with Gasteiger partial charge in [-0.25, -0.2) is 0 Å². The summed E-state index contributed by atoms with van der Waals surface area (Å²) in [5, 5.41) is 8.07. The molecule has 0 amide bonds. The van der Waals surface area contributed by atoms with E-state index in [4.69, 9.17) is 0 Å². The number of Topliss-reactive ketones (excluding diaryl/α,β-unsaturated/α-hetero) is 1. The fourth-order valence-corrected chi connectivity index (χ4v) is 1.62. The van der Waals surface area contributed by atoms with Crippen LogP contribution < -0.4 is 0 Å². The predicted molar refractivity (Wildman–Crippen MR) is 60.0 cm³/mol. The third kappa shape index (κ3) is 1.65. The highest BCUT2D eigenvalue weighted by Crippen LogP contribution is 2.18. The Bertz CT molecular complexity index is 511. The van der Waals surface area contributed by atoms with Gasteiger partial charge in [0.05, 0.1) is 5.52 Å². The van der Waals surface area contributed by atoms with Crippen LogP contribution >= 0.6 is 0 Å². The molecule has 2 rings (SSSR count). The smallest absolute Gasteiger partial charge is 0.165 e. The minimum absolute atomic E-state index is 0.0367. The first kappa shape index (κ1) is 9.90. The zero-order valence-electron chi connectivity index (χ0n) is 9.16. The third-order valence-electron chi connectivity index (χ3n) is 2.55. The summed E-state index contributed by atoms with van der Waals surface area (Å²) in [5.41, 5.74) is 2.68. The second kappa shape index (κ2) is 3.50. The average molecular weight is 202 g/mol. The number of rotatable bonds is 2. The third-order valence-corrected chi connectivity index (χ3v) is 2.55. The van der Waals surface area contributed by atoms with E-state index in [2.05, 4.69) is 10.2 Å². The minimum atomic E-state index is 0.0367. The van der Waals surface area contributed by atoms with Crippen LogP contribution in [0.25, 0.3) is 10.9 Å². The van der Waals surface area contributed by atoms with Crippen LogP contribution in [0.4, 0.5) is 0 Å². The Kier molecular flexibility index (Phi) is 2.31. The number of nitrogens with zero attached hydrogens (tertiary/aromatic N) is 1. The van der Waals surface area contributed by atoms with Crippen molar-refractivity contribution in [2.75, 3.05) is 0 Å². The van der Waals surface area contributed by atoms with Crippen LogP contribution in [-0.4, -0.2) is 16.0 Å². The van der Waals surface area contributed by atoms with Gasteiger partial charge in [0.25, 0.3) is 0 Å². The molecular formula is C12H14N2O. The van der Waals surface area contributed by atoms with Gasteiger partial charge in [-0.15, -0.1) is 0 Å². The molecule has 0 aliphatic rings. The summed E-state index contributed by atoms with van der Waals surface area (Å²) in [6.07, 6.45) is 0. The molecule has 1 N–H and O–H groups in total. The molecule has 0 spiro atoms. The van der Waals surface area contributed by atoms with E-state index in [1.54, 1.807) is 0 Å². The van der Waals surface area contributed by atoms with Gasteiger partial charge in [0.15, 0.2) is 5.78 Å². The monoisotopic (exact) mass is 202 g/mol. The molecule has 1 heterocycles. The summed E-state index contributed by atoms with van der Waals surface area (Å²) in [6, 6.07) is 5.63. The number of nitrogens with one attached hydrogen (secondary N) is 1. The molecule has 1 aromatic heterocycles. The molecule has 0 saturated heterocycles. The number of ketones is 1. The standard InChI is InChI=1S/C12H14N2O/c1-7(2)12(15)9-4-5-11-10(6-9)8(3)13-14-11/h4-7H,1-3H3,(H,13,14). The topological polar surface area (TPSA) is 45.8 Å². The highest BCUT2D eigenvalue weighted by atomic mass is 16.1. The van der Waals surface area contributed by atoms with Crippen LogP contribution in [0.15, 0.2) is 18.2 Å². The number of carbonyl (C=O) groups is 1. The number of aromatic nitrogens is 2. The lowest BCUT2D eigenvalue weighted by Gasteiger charge is -2.03. The van der Waals surface area contributed by atoms with Gasteiger partial charge < -0.3 is 0 Å². The molecule has 0 saturated carbocycles. The minimum Gasteiger partial charge on any atom is -0.294 e. The fraction of sp³-hybridized carbons (Fsp3) is 0.333. The van der Waals surface area contributed by atoms with Gasteiger partial charge in [0.2, 0.25) is 0 Å². The first-order chi connectivity index (χ1) is 7.09. The van der Waals surface area contributed by atoms with Crippen molar-refractivity contribution >= 4 is 16.7 Å². The molecule has 2 aromatic rings. The highest BCUT2D eigenvalue weighted by molar-refractivity contribution is 6.00. The van der Waals surface area contributed by atoms with Gasteiger partial charge in [-0.3, -0.25) is 9.89 Å². The molecule has 0 aliphatic heterocycles. The molecule has 0 aliphatic carbocycles.